The number of piperidine rings is 1. The molecule has 1 saturated heterocycles. The number of rotatable bonds is 4. The summed E-state index contributed by atoms with van der Waals surface area (Å²) in [5.74, 6) is -0.435. The van der Waals surface area contributed by atoms with Crippen molar-refractivity contribution in [2.45, 2.75) is 25.8 Å². The number of hydrogen-bond donors (Lipinski definition) is 2. The molecule has 2 N–H and O–H groups in total. The third-order valence-corrected chi connectivity index (χ3v) is 6.51. The highest BCUT2D eigenvalue weighted by Crippen LogP contribution is 2.29. The number of amides is 1. The minimum Gasteiger partial charge on any atom is -0.317 e. The maximum atomic E-state index is 13.0. The highest BCUT2D eigenvalue weighted by molar-refractivity contribution is 7.23. The van der Waals surface area contributed by atoms with Crippen LogP contribution in [0.25, 0.3) is 9.88 Å². The van der Waals surface area contributed by atoms with Crippen LogP contribution in [0.3, 0.4) is 0 Å². The van der Waals surface area contributed by atoms with Crippen molar-refractivity contribution in [3.8, 4) is 9.88 Å². The number of halogens is 1. The largest absolute Gasteiger partial charge is 0.317 e. The van der Waals surface area contributed by atoms with E-state index in [0.717, 1.165) is 35.8 Å². The van der Waals surface area contributed by atoms with Crippen molar-refractivity contribution in [3.05, 3.63) is 51.3 Å². The minimum absolute atomic E-state index is 0. The third-order valence-electron chi connectivity index (χ3n) is 4.63. The van der Waals surface area contributed by atoms with E-state index in [4.69, 9.17) is 0 Å². The second-order valence-corrected chi connectivity index (χ2v) is 8.34. The Labute approximate surface area is 176 Å². The Kier molecular flexibility index (Phi) is 6.61. The highest BCUT2D eigenvalue weighted by atomic mass is 35.5. The molecule has 1 fully saturated rings. The summed E-state index contributed by atoms with van der Waals surface area (Å²) in [6, 6.07) is 5.85. The molecule has 0 unspecified atom stereocenters. The zero-order valence-corrected chi connectivity index (χ0v) is 17.6. The van der Waals surface area contributed by atoms with Crippen LogP contribution in [0.5, 0.6) is 0 Å². The smallest absolute Gasteiger partial charge is 0.263 e. The van der Waals surface area contributed by atoms with Gasteiger partial charge in [-0.1, -0.05) is 17.4 Å². The van der Waals surface area contributed by atoms with Crippen LogP contribution in [0.15, 0.2) is 34.6 Å². The molecule has 4 heterocycles. The topological polar surface area (TPSA) is 88.9 Å². The minimum atomic E-state index is -0.435. The van der Waals surface area contributed by atoms with E-state index in [9.17, 15) is 9.59 Å². The zero-order chi connectivity index (χ0) is 18.8. The van der Waals surface area contributed by atoms with Crippen molar-refractivity contribution in [3.63, 3.8) is 0 Å². The highest BCUT2D eigenvalue weighted by Gasteiger charge is 2.22. The summed E-state index contributed by atoms with van der Waals surface area (Å²) in [6.45, 7) is 3.53. The average molecular weight is 438 g/mol. The molecule has 1 amide bonds. The van der Waals surface area contributed by atoms with Crippen LogP contribution < -0.4 is 16.2 Å². The van der Waals surface area contributed by atoms with Gasteiger partial charge in [0.1, 0.15) is 5.56 Å². The van der Waals surface area contributed by atoms with Gasteiger partial charge in [-0.05, 0) is 55.9 Å². The van der Waals surface area contributed by atoms with Gasteiger partial charge >= 0.3 is 0 Å². The van der Waals surface area contributed by atoms with Crippen LogP contribution in [0.4, 0.5) is 5.13 Å². The summed E-state index contributed by atoms with van der Waals surface area (Å²) in [6.07, 6.45) is 3.56. The maximum absolute atomic E-state index is 13.0. The van der Waals surface area contributed by atoms with Crippen molar-refractivity contribution in [1.29, 1.82) is 0 Å². The quantitative estimate of drug-likeness (QED) is 0.653. The van der Waals surface area contributed by atoms with Gasteiger partial charge in [-0.3, -0.25) is 14.9 Å². The fraction of sp³-hybridized carbons (Fsp3) is 0.333. The summed E-state index contributed by atoms with van der Waals surface area (Å²) in [5, 5.41) is 17.3. The molecule has 0 saturated carbocycles. The lowest BCUT2D eigenvalue weighted by Gasteiger charge is -2.25. The number of pyridine rings is 1. The Morgan fingerprint density at radius 2 is 2.07 bits per heavy atom. The molecule has 0 bridgehead atoms. The van der Waals surface area contributed by atoms with E-state index in [2.05, 4.69) is 20.8 Å². The zero-order valence-electron chi connectivity index (χ0n) is 15.2. The molecule has 0 radical (unpaired) electrons. The normalized spacial score (nSPS) is 14.5. The van der Waals surface area contributed by atoms with Gasteiger partial charge in [-0.25, -0.2) is 0 Å². The SMILES string of the molecule is Cc1ccn(C2CCNCC2)c(=O)c1C(=O)Nc1nnc(-c2cccs2)s1.Cl. The van der Waals surface area contributed by atoms with E-state index >= 15 is 0 Å². The van der Waals surface area contributed by atoms with Crippen LogP contribution in [0, 0.1) is 6.92 Å². The molecule has 10 heteroatoms. The molecule has 148 valence electrons. The molecule has 1 aliphatic heterocycles. The van der Waals surface area contributed by atoms with E-state index < -0.39 is 5.91 Å². The van der Waals surface area contributed by atoms with E-state index in [0.29, 0.717) is 10.7 Å². The number of anilines is 1. The first-order valence-electron chi connectivity index (χ1n) is 8.74. The first-order valence-corrected chi connectivity index (χ1v) is 10.4. The van der Waals surface area contributed by atoms with Gasteiger partial charge in [0.05, 0.1) is 4.88 Å². The van der Waals surface area contributed by atoms with E-state index in [1.807, 2.05) is 23.6 Å². The fourth-order valence-corrected chi connectivity index (χ4v) is 4.75. The van der Waals surface area contributed by atoms with E-state index in [1.165, 1.54) is 11.3 Å². The number of thiophene rings is 1. The molecular weight excluding hydrogens is 418 g/mol. The van der Waals surface area contributed by atoms with Crippen molar-refractivity contribution in [2.75, 3.05) is 18.4 Å². The molecule has 0 atom stereocenters. The summed E-state index contributed by atoms with van der Waals surface area (Å²) in [5.41, 5.74) is 0.581. The molecule has 0 aliphatic carbocycles. The van der Waals surface area contributed by atoms with Gasteiger partial charge in [0.2, 0.25) is 5.13 Å². The Morgan fingerprint density at radius 1 is 1.29 bits per heavy atom. The number of aryl methyl sites for hydroxylation is 1. The van der Waals surface area contributed by atoms with Crippen LogP contribution in [0.1, 0.15) is 34.8 Å². The first-order chi connectivity index (χ1) is 13.1. The molecule has 4 rings (SSSR count). The number of carbonyl (C=O) groups is 1. The number of nitrogens with one attached hydrogen (secondary N) is 2. The Morgan fingerprint density at radius 3 is 2.79 bits per heavy atom. The van der Waals surface area contributed by atoms with E-state index in [1.54, 1.807) is 29.0 Å². The second kappa shape index (κ2) is 8.95. The van der Waals surface area contributed by atoms with Crippen LogP contribution in [0.2, 0.25) is 0 Å². The number of hydrogen-bond acceptors (Lipinski definition) is 7. The third kappa shape index (κ3) is 4.17. The van der Waals surface area contributed by atoms with Crippen LogP contribution in [-0.4, -0.2) is 33.8 Å². The van der Waals surface area contributed by atoms with Crippen LogP contribution >= 0.6 is 35.1 Å². The van der Waals surface area contributed by atoms with Crippen molar-refractivity contribution >= 4 is 46.1 Å². The Balaban J connectivity index is 0.00000225. The standard InChI is InChI=1S/C18H19N5O2S2.ClH/c1-11-6-9-23(12-4-7-19-8-5-12)17(25)14(11)15(24)20-18-22-21-16(27-18)13-3-2-10-26-13;/h2-3,6,9-10,12,19H,4-5,7-8H2,1H3,(H,20,22,24);1H. The predicted octanol–water partition coefficient (Wildman–Crippen LogP) is 3.34. The van der Waals surface area contributed by atoms with E-state index in [-0.39, 0.29) is 29.6 Å². The van der Waals surface area contributed by atoms with Crippen molar-refractivity contribution < 1.29 is 4.79 Å². The summed E-state index contributed by atoms with van der Waals surface area (Å²) in [4.78, 5) is 26.8. The van der Waals surface area contributed by atoms with Gasteiger partial charge in [0.15, 0.2) is 5.01 Å². The average Bonchev–Trinajstić information content (AvgIpc) is 3.34. The molecule has 3 aromatic rings. The lowest BCUT2D eigenvalue weighted by molar-refractivity contribution is 0.102. The monoisotopic (exact) mass is 437 g/mol. The fourth-order valence-electron chi connectivity index (χ4n) is 3.22. The second-order valence-electron chi connectivity index (χ2n) is 6.41. The number of carbonyl (C=O) groups excluding carboxylic acids is 1. The van der Waals surface area contributed by atoms with Gasteiger partial charge in [0, 0.05) is 12.2 Å². The van der Waals surface area contributed by atoms with Crippen LogP contribution in [-0.2, 0) is 0 Å². The summed E-state index contributed by atoms with van der Waals surface area (Å²) >= 11 is 2.86. The molecule has 7 nitrogen and oxygen atoms in total. The molecule has 28 heavy (non-hydrogen) atoms. The molecular formula is C18H20ClN5O2S2. The maximum Gasteiger partial charge on any atom is 0.263 e. The van der Waals surface area contributed by atoms with Gasteiger partial charge in [-0.15, -0.1) is 33.9 Å². The first kappa shape index (κ1) is 20.7. The van der Waals surface area contributed by atoms with Gasteiger partial charge in [-0.2, -0.15) is 0 Å². The lowest BCUT2D eigenvalue weighted by atomic mass is 10.0. The molecule has 3 aromatic heterocycles. The predicted molar refractivity (Wildman–Crippen MR) is 115 cm³/mol. The van der Waals surface area contributed by atoms with Gasteiger partial charge in [0.25, 0.3) is 11.5 Å². The van der Waals surface area contributed by atoms with Crippen molar-refractivity contribution in [2.24, 2.45) is 0 Å². The molecule has 0 spiro atoms. The molecule has 0 aromatic carbocycles. The Bertz CT molecular complexity index is 1010. The lowest BCUT2D eigenvalue weighted by Crippen LogP contribution is -2.37. The summed E-state index contributed by atoms with van der Waals surface area (Å²) in [7, 11) is 0. The Hall–Kier alpha value is -2.07. The molecule has 1 aliphatic rings. The van der Waals surface area contributed by atoms with Crippen molar-refractivity contribution in [1.82, 2.24) is 20.1 Å². The van der Waals surface area contributed by atoms with Gasteiger partial charge < -0.3 is 9.88 Å². The number of aromatic nitrogens is 3. The summed E-state index contributed by atoms with van der Waals surface area (Å²) < 4.78 is 1.69. The number of nitrogens with zero attached hydrogens (tertiary/aromatic N) is 3.